The Kier molecular flexibility index (Phi) is 6.96. The molecule has 14 heteroatoms. The molecule has 3 aromatic heterocycles. The van der Waals surface area contributed by atoms with Gasteiger partial charge in [-0.2, -0.15) is 4.57 Å². The van der Waals surface area contributed by atoms with Gasteiger partial charge in [0.2, 0.25) is 17.6 Å². The number of hydrogen-bond acceptors (Lipinski definition) is 4. The monoisotopic (exact) mass is 779 g/mol. The number of aromatic nitrogens is 3. The first kappa shape index (κ1) is 26.4. The van der Waals surface area contributed by atoms with E-state index >= 15 is 0 Å². The lowest BCUT2D eigenvalue weighted by Crippen LogP contribution is -2.08. The summed E-state index contributed by atoms with van der Waals surface area (Å²) >= 11 is 29.5. The van der Waals surface area contributed by atoms with Crippen LogP contribution in [0, 0.1) is 0 Å². The van der Waals surface area contributed by atoms with Crippen molar-refractivity contribution in [1.29, 1.82) is 0 Å². The first-order valence-corrected chi connectivity index (χ1v) is 15.7. The number of benzene rings is 3. The molecule has 194 valence electrons. The van der Waals surface area contributed by atoms with Gasteiger partial charge in [-0.3, -0.25) is 0 Å². The van der Waals surface area contributed by atoms with Gasteiger partial charge in [-0.25, -0.2) is 0 Å². The third-order valence-electron chi connectivity index (χ3n) is 5.63. The van der Waals surface area contributed by atoms with Gasteiger partial charge in [-0.1, -0.05) is 34.8 Å². The van der Waals surface area contributed by atoms with Gasteiger partial charge in [-0.15, -0.1) is 0 Å². The molecule has 0 saturated heterocycles. The van der Waals surface area contributed by atoms with E-state index in [-0.39, 0.29) is 17.6 Å². The Morgan fingerprint density at radius 2 is 0.842 bits per heavy atom. The van der Waals surface area contributed by atoms with E-state index < -0.39 is 7.82 Å². The predicted octanol–water partition coefficient (Wildman–Crippen LogP) is 11.0. The van der Waals surface area contributed by atoms with E-state index in [2.05, 4.69) is 62.7 Å². The SMILES string of the molecule is O=P(Oc1cc2c(Cl)c(Br)ccc2[nH]1)(Oc1cc2c(Cl)c(Br)ccc2[nH]1)Oc1cc2c(Cl)c(Br)ccc2[nH]1. The fourth-order valence-electron chi connectivity index (χ4n) is 3.91. The molecule has 3 heterocycles. The summed E-state index contributed by atoms with van der Waals surface area (Å²) in [5.74, 6) is 0.367. The summed E-state index contributed by atoms with van der Waals surface area (Å²) in [7, 11) is -4.39. The molecule has 0 aliphatic heterocycles. The number of aromatic amines is 3. The van der Waals surface area contributed by atoms with Crippen molar-refractivity contribution >= 4 is 123 Å². The molecule has 0 atom stereocenters. The van der Waals surface area contributed by atoms with Crippen LogP contribution in [-0.2, 0) is 4.57 Å². The van der Waals surface area contributed by atoms with Gasteiger partial charge >= 0.3 is 7.82 Å². The van der Waals surface area contributed by atoms with Gasteiger partial charge < -0.3 is 28.5 Å². The third-order valence-corrected chi connectivity index (χ3v) is 10.8. The zero-order valence-corrected chi connectivity index (χ0v) is 26.5. The Hall–Kier alpha value is -1.78. The number of rotatable bonds is 6. The molecule has 3 aromatic carbocycles. The zero-order chi connectivity index (χ0) is 26.8. The molecule has 0 aliphatic rings. The van der Waals surface area contributed by atoms with Crippen molar-refractivity contribution in [1.82, 2.24) is 15.0 Å². The number of H-pyrrole nitrogens is 3. The van der Waals surface area contributed by atoms with Gasteiger partial charge in [0.15, 0.2) is 0 Å². The Morgan fingerprint density at radius 1 is 0.553 bits per heavy atom. The Labute approximate surface area is 255 Å². The summed E-state index contributed by atoms with van der Waals surface area (Å²) in [6, 6.07) is 15.6. The van der Waals surface area contributed by atoms with E-state index in [1.54, 1.807) is 54.6 Å². The van der Waals surface area contributed by atoms with Crippen LogP contribution in [0.4, 0.5) is 0 Å². The molecular formula is C24H12Br3Cl3N3O4P. The van der Waals surface area contributed by atoms with E-state index in [0.29, 0.717) is 61.2 Å². The lowest BCUT2D eigenvalue weighted by molar-refractivity contribution is 0.289. The van der Waals surface area contributed by atoms with Gasteiger partial charge in [0, 0.05) is 64.3 Å². The van der Waals surface area contributed by atoms with Crippen LogP contribution in [0.3, 0.4) is 0 Å². The summed E-state index contributed by atoms with van der Waals surface area (Å²) in [5.41, 5.74) is 2.01. The number of hydrogen-bond donors (Lipinski definition) is 3. The smallest absolute Gasteiger partial charge is 0.369 e. The molecule has 0 amide bonds. The van der Waals surface area contributed by atoms with Crippen LogP contribution in [0.25, 0.3) is 32.7 Å². The maximum atomic E-state index is 14.2. The second-order valence-corrected chi connectivity index (χ2v) is 13.2. The first-order valence-electron chi connectivity index (χ1n) is 10.7. The van der Waals surface area contributed by atoms with Crippen molar-refractivity contribution in [3.8, 4) is 17.6 Å². The summed E-state index contributed by atoms with van der Waals surface area (Å²) in [4.78, 5) is 9.13. The lowest BCUT2D eigenvalue weighted by Gasteiger charge is -2.16. The largest absolute Gasteiger partial charge is 0.650 e. The average Bonchev–Trinajstić information content (AvgIpc) is 3.58. The first-order chi connectivity index (χ1) is 18.1. The van der Waals surface area contributed by atoms with Gasteiger partial charge in [0.1, 0.15) is 0 Å². The predicted molar refractivity (Wildman–Crippen MR) is 163 cm³/mol. The molecule has 6 aromatic rings. The third kappa shape index (κ3) is 4.85. The van der Waals surface area contributed by atoms with Crippen LogP contribution in [0.5, 0.6) is 17.6 Å². The van der Waals surface area contributed by atoms with Crippen LogP contribution >= 0.6 is 90.4 Å². The molecule has 0 fully saturated rings. The number of fused-ring (bicyclic) bond motifs is 3. The second kappa shape index (κ2) is 10.0. The summed E-state index contributed by atoms with van der Waals surface area (Å²) < 4.78 is 33.8. The van der Waals surface area contributed by atoms with Gasteiger partial charge in [-0.05, 0) is 84.2 Å². The molecule has 7 nitrogen and oxygen atoms in total. The maximum absolute atomic E-state index is 14.2. The van der Waals surface area contributed by atoms with Crippen LogP contribution in [0.2, 0.25) is 15.1 Å². The summed E-state index contributed by atoms with van der Waals surface area (Å²) in [5, 5.41) is 3.39. The van der Waals surface area contributed by atoms with Crippen molar-refractivity contribution in [2.45, 2.75) is 0 Å². The van der Waals surface area contributed by atoms with Gasteiger partial charge in [0.05, 0.1) is 15.1 Å². The highest BCUT2D eigenvalue weighted by molar-refractivity contribution is 9.11. The molecule has 0 unspecified atom stereocenters. The van der Waals surface area contributed by atoms with E-state index in [1.807, 2.05) is 0 Å². The quantitative estimate of drug-likeness (QED) is 0.147. The number of nitrogens with one attached hydrogen (secondary N) is 3. The number of phosphoric acid groups is 1. The maximum Gasteiger partial charge on any atom is 0.650 e. The van der Waals surface area contributed by atoms with Crippen LogP contribution < -0.4 is 13.6 Å². The standard InChI is InChI=1S/C24H12Br3Cl3N3O4P/c25-13-1-4-16-10(22(13)28)7-19(31-16)35-38(34,36-20-8-11-17(32-20)5-2-14(26)23(11)29)37-21-9-12-18(33-21)6-3-15(27)24(12)30/h1-9,31-33H. The highest BCUT2D eigenvalue weighted by atomic mass is 79.9. The molecule has 6 rings (SSSR count). The van der Waals surface area contributed by atoms with Gasteiger partial charge in [0.25, 0.3) is 0 Å². The molecular weight excluding hydrogens is 771 g/mol. The number of phosphoric ester groups is 1. The van der Waals surface area contributed by atoms with Crippen molar-refractivity contribution < 1.29 is 18.1 Å². The molecule has 0 aliphatic carbocycles. The van der Waals surface area contributed by atoms with E-state index in [4.69, 9.17) is 48.4 Å². The fraction of sp³-hybridized carbons (Fsp3) is 0. The minimum absolute atomic E-state index is 0.122. The molecule has 0 radical (unpaired) electrons. The van der Waals surface area contributed by atoms with Crippen molar-refractivity contribution in [3.05, 3.63) is 83.1 Å². The van der Waals surface area contributed by atoms with Crippen LogP contribution in [0.1, 0.15) is 0 Å². The normalized spacial score (nSPS) is 12.1. The average molecular weight is 783 g/mol. The number of halogens is 6. The molecule has 0 bridgehead atoms. The van der Waals surface area contributed by atoms with Crippen LogP contribution in [-0.4, -0.2) is 15.0 Å². The van der Waals surface area contributed by atoms with E-state index in [9.17, 15) is 4.57 Å². The molecule has 0 saturated carbocycles. The van der Waals surface area contributed by atoms with Crippen LogP contribution in [0.15, 0.2) is 68.0 Å². The molecule has 3 N–H and O–H groups in total. The molecule has 38 heavy (non-hydrogen) atoms. The minimum Gasteiger partial charge on any atom is -0.369 e. The van der Waals surface area contributed by atoms with Crippen molar-refractivity contribution in [3.63, 3.8) is 0 Å². The van der Waals surface area contributed by atoms with Crippen molar-refractivity contribution in [2.75, 3.05) is 0 Å². The van der Waals surface area contributed by atoms with E-state index in [1.165, 1.54) is 0 Å². The lowest BCUT2D eigenvalue weighted by atomic mass is 10.2. The van der Waals surface area contributed by atoms with E-state index in [0.717, 1.165) is 0 Å². The highest BCUT2D eigenvalue weighted by Gasteiger charge is 2.36. The topological polar surface area (TPSA) is 92.1 Å². The fourth-order valence-corrected chi connectivity index (χ4v) is 6.74. The Bertz CT molecular complexity index is 1720. The summed E-state index contributed by atoms with van der Waals surface area (Å²) in [6.07, 6.45) is 0. The Morgan fingerprint density at radius 3 is 1.13 bits per heavy atom. The zero-order valence-electron chi connectivity index (χ0n) is 18.5. The molecule has 0 spiro atoms. The minimum atomic E-state index is -4.39. The highest BCUT2D eigenvalue weighted by Crippen LogP contribution is 2.51. The Balaban J connectivity index is 1.41. The second-order valence-electron chi connectivity index (χ2n) is 8.09. The summed E-state index contributed by atoms with van der Waals surface area (Å²) in [6.45, 7) is 0. The van der Waals surface area contributed by atoms with Crippen molar-refractivity contribution in [2.24, 2.45) is 0 Å².